The average Bonchev–Trinajstić information content (AvgIpc) is 3.00. The van der Waals surface area contributed by atoms with Crippen LogP contribution in [0.15, 0.2) is 71.6 Å². The topological polar surface area (TPSA) is 49.4 Å². The van der Waals surface area contributed by atoms with Crippen molar-refractivity contribution in [1.82, 2.24) is 4.90 Å². The molecule has 0 spiro atoms. The van der Waals surface area contributed by atoms with Gasteiger partial charge in [0.1, 0.15) is 4.32 Å². The fourth-order valence-corrected chi connectivity index (χ4v) is 4.62. The van der Waals surface area contributed by atoms with E-state index < -0.39 is 0 Å². The Hall–Kier alpha value is -2.67. The first-order chi connectivity index (χ1) is 14.5. The van der Waals surface area contributed by atoms with E-state index >= 15 is 0 Å². The van der Waals surface area contributed by atoms with E-state index in [9.17, 15) is 9.59 Å². The Kier molecular flexibility index (Phi) is 6.18. The van der Waals surface area contributed by atoms with Crippen molar-refractivity contribution in [3.63, 3.8) is 0 Å². The number of nitrogens with one attached hydrogen (secondary N) is 1. The molecular formula is C23H17ClN2O2S2. The van der Waals surface area contributed by atoms with Crippen LogP contribution in [-0.4, -0.2) is 27.6 Å². The van der Waals surface area contributed by atoms with Crippen LogP contribution in [0.25, 0.3) is 16.8 Å². The number of anilines is 1. The highest BCUT2D eigenvalue weighted by Gasteiger charge is 2.32. The van der Waals surface area contributed by atoms with Crippen molar-refractivity contribution in [2.24, 2.45) is 0 Å². The van der Waals surface area contributed by atoms with Gasteiger partial charge < -0.3 is 5.32 Å². The summed E-state index contributed by atoms with van der Waals surface area (Å²) >= 11 is 12.7. The lowest BCUT2D eigenvalue weighted by Crippen LogP contribution is -2.31. The molecule has 0 aliphatic carbocycles. The number of hydrogen-bond acceptors (Lipinski definition) is 4. The molecule has 3 aromatic carbocycles. The molecule has 0 atom stereocenters. The van der Waals surface area contributed by atoms with Gasteiger partial charge in [0, 0.05) is 23.7 Å². The summed E-state index contributed by atoms with van der Waals surface area (Å²) in [5, 5.41) is 5.62. The number of carbonyl (C=O) groups is 2. The summed E-state index contributed by atoms with van der Waals surface area (Å²) in [5.74, 6) is -0.377. The zero-order valence-corrected chi connectivity index (χ0v) is 18.2. The predicted octanol–water partition coefficient (Wildman–Crippen LogP) is 5.72. The van der Waals surface area contributed by atoms with E-state index in [2.05, 4.69) is 5.32 Å². The minimum atomic E-state index is -0.205. The SMILES string of the molecule is O=C(CCN1C(=O)/C(=C\c2ccccc2Cl)SC1=S)Nc1ccc2ccccc2c1. The minimum absolute atomic E-state index is 0.151. The Labute approximate surface area is 188 Å². The normalized spacial score (nSPS) is 15.2. The van der Waals surface area contributed by atoms with E-state index in [1.165, 1.54) is 16.7 Å². The minimum Gasteiger partial charge on any atom is -0.326 e. The number of fused-ring (bicyclic) bond motifs is 1. The van der Waals surface area contributed by atoms with Crippen molar-refractivity contribution in [3.05, 3.63) is 82.2 Å². The van der Waals surface area contributed by atoms with Gasteiger partial charge in [0.15, 0.2) is 0 Å². The Bertz CT molecular complexity index is 1190. The maximum absolute atomic E-state index is 12.7. The van der Waals surface area contributed by atoms with Crippen molar-refractivity contribution >= 4 is 74.3 Å². The second kappa shape index (κ2) is 9.00. The number of nitrogens with zero attached hydrogens (tertiary/aromatic N) is 1. The van der Waals surface area contributed by atoms with Crippen molar-refractivity contribution in [2.75, 3.05) is 11.9 Å². The van der Waals surface area contributed by atoms with E-state index in [4.69, 9.17) is 23.8 Å². The highest BCUT2D eigenvalue weighted by atomic mass is 35.5. The molecule has 0 radical (unpaired) electrons. The number of thiocarbonyl (C=S) groups is 1. The molecule has 1 aliphatic heterocycles. The predicted molar refractivity (Wildman–Crippen MR) is 129 cm³/mol. The van der Waals surface area contributed by atoms with Crippen LogP contribution in [0.2, 0.25) is 5.02 Å². The smallest absolute Gasteiger partial charge is 0.266 e. The van der Waals surface area contributed by atoms with E-state index in [-0.39, 0.29) is 24.8 Å². The molecule has 4 rings (SSSR count). The van der Waals surface area contributed by atoms with Gasteiger partial charge in [0.25, 0.3) is 5.91 Å². The maximum Gasteiger partial charge on any atom is 0.266 e. The van der Waals surface area contributed by atoms with Gasteiger partial charge >= 0.3 is 0 Å². The molecule has 1 N–H and O–H groups in total. The summed E-state index contributed by atoms with van der Waals surface area (Å²) in [6.45, 7) is 0.226. The highest BCUT2D eigenvalue weighted by molar-refractivity contribution is 8.26. The Balaban J connectivity index is 1.39. The molecule has 150 valence electrons. The van der Waals surface area contributed by atoms with E-state index in [0.717, 1.165) is 22.0 Å². The number of carbonyl (C=O) groups excluding carboxylic acids is 2. The number of rotatable bonds is 5. The first-order valence-corrected chi connectivity index (χ1v) is 10.9. The summed E-state index contributed by atoms with van der Waals surface area (Å²) in [4.78, 5) is 27.1. The van der Waals surface area contributed by atoms with Crippen LogP contribution >= 0.6 is 35.6 Å². The molecule has 1 fully saturated rings. The van der Waals surface area contributed by atoms with Crippen molar-refractivity contribution < 1.29 is 9.59 Å². The Morgan fingerprint density at radius 2 is 1.80 bits per heavy atom. The molecule has 0 saturated carbocycles. The van der Waals surface area contributed by atoms with Crippen molar-refractivity contribution in [1.29, 1.82) is 0 Å². The van der Waals surface area contributed by atoms with Crippen LogP contribution in [-0.2, 0) is 9.59 Å². The highest BCUT2D eigenvalue weighted by Crippen LogP contribution is 2.33. The lowest BCUT2D eigenvalue weighted by molar-refractivity contribution is -0.122. The van der Waals surface area contributed by atoms with Gasteiger partial charge in [-0.25, -0.2) is 0 Å². The lowest BCUT2D eigenvalue weighted by atomic mass is 10.1. The summed E-state index contributed by atoms with van der Waals surface area (Å²) in [5.41, 5.74) is 1.48. The molecule has 1 saturated heterocycles. The molecule has 2 amide bonds. The fraction of sp³-hybridized carbons (Fsp3) is 0.0870. The summed E-state index contributed by atoms with van der Waals surface area (Å²) < 4.78 is 0.441. The van der Waals surface area contributed by atoms with Crippen LogP contribution in [0.4, 0.5) is 5.69 Å². The number of hydrogen-bond donors (Lipinski definition) is 1. The molecule has 0 aromatic heterocycles. The van der Waals surface area contributed by atoms with E-state index in [1.807, 2.05) is 60.7 Å². The van der Waals surface area contributed by atoms with Gasteiger partial charge in [-0.2, -0.15) is 0 Å². The molecule has 1 heterocycles. The Morgan fingerprint density at radius 1 is 1.07 bits per heavy atom. The van der Waals surface area contributed by atoms with Gasteiger partial charge in [-0.15, -0.1) is 0 Å². The van der Waals surface area contributed by atoms with Crippen LogP contribution in [0.1, 0.15) is 12.0 Å². The standard InChI is InChI=1S/C23H17ClN2O2S2/c24-19-8-4-3-7-17(19)14-20-22(28)26(23(29)30-20)12-11-21(27)25-18-10-9-15-5-1-2-6-16(15)13-18/h1-10,13-14H,11-12H2,(H,25,27)/b20-14+. The summed E-state index contributed by atoms with van der Waals surface area (Å²) in [6, 6.07) is 21.0. The third kappa shape index (κ3) is 4.56. The number of benzene rings is 3. The molecule has 30 heavy (non-hydrogen) atoms. The monoisotopic (exact) mass is 452 g/mol. The van der Waals surface area contributed by atoms with Crippen LogP contribution in [0.3, 0.4) is 0 Å². The number of thioether (sulfide) groups is 1. The van der Waals surface area contributed by atoms with Gasteiger partial charge in [-0.1, -0.05) is 84.1 Å². The van der Waals surface area contributed by atoms with Gasteiger partial charge in [0.2, 0.25) is 5.91 Å². The first-order valence-electron chi connectivity index (χ1n) is 9.30. The number of halogens is 1. The molecular weight excluding hydrogens is 436 g/mol. The molecule has 0 unspecified atom stereocenters. The molecule has 7 heteroatoms. The van der Waals surface area contributed by atoms with Crippen molar-refractivity contribution in [2.45, 2.75) is 6.42 Å². The molecule has 3 aromatic rings. The Morgan fingerprint density at radius 3 is 2.60 bits per heavy atom. The third-order valence-electron chi connectivity index (χ3n) is 4.66. The largest absolute Gasteiger partial charge is 0.326 e. The summed E-state index contributed by atoms with van der Waals surface area (Å²) in [6.07, 6.45) is 1.88. The average molecular weight is 453 g/mol. The first kappa shape index (κ1) is 20.6. The van der Waals surface area contributed by atoms with E-state index in [1.54, 1.807) is 12.1 Å². The van der Waals surface area contributed by atoms with Crippen molar-refractivity contribution in [3.8, 4) is 0 Å². The molecule has 0 bridgehead atoms. The zero-order chi connectivity index (χ0) is 21.1. The van der Waals surface area contributed by atoms with Crippen LogP contribution in [0.5, 0.6) is 0 Å². The third-order valence-corrected chi connectivity index (χ3v) is 6.38. The van der Waals surface area contributed by atoms with Gasteiger partial charge in [0.05, 0.1) is 4.91 Å². The lowest BCUT2D eigenvalue weighted by Gasteiger charge is -2.14. The van der Waals surface area contributed by atoms with Gasteiger partial charge in [-0.05, 0) is 40.6 Å². The fourth-order valence-electron chi connectivity index (χ4n) is 3.13. The maximum atomic E-state index is 12.7. The van der Waals surface area contributed by atoms with Gasteiger partial charge in [-0.3, -0.25) is 14.5 Å². The van der Waals surface area contributed by atoms with Crippen LogP contribution < -0.4 is 5.32 Å². The van der Waals surface area contributed by atoms with Crippen LogP contribution in [0, 0.1) is 0 Å². The quantitative estimate of drug-likeness (QED) is 0.397. The second-order valence-corrected chi connectivity index (χ2v) is 8.80. The molecule has 1 aliphatic rings. The second-order valence-electron chi connectivity index (χ2n) is 6.71. The summed E-state index contributed by atoms with van der Waals surface area (Å²) in [7, 11) is 0. The molecule has 4 nitrogen and oxygen atoms in total. The van der Waals surface area contributed by atoms with E-state index in [0.29, 0.717) is 14.2 Å². The number of amides is 2. The zero-order valence-electron chi connectivity index (χ0n) is 15.8.